The third-order valence-corrected chi connectivity index (χ3v) is 8.69. The first-order chi connectivity index (χ1) is 16.5. The Morgan fingerprint density at radius 3 is 1.68 bits per heavy atom. The SMILES string of the molecule is C[n+]1c(CNC(I)(CCCCCI)NCc2ccc3ccccc3[n+]2C)ccc2ccccc21. The van der Waals surface area contributed by atoms with Gasteiger partial charge in [0.2, 0.25) is 11.0 Å². The van der Waals surface area contributed by atoms with E-state index in [-0.39, 0.29) is 3.67 Å². The summed E-state index contributed by atoms with van der Waals surface area (Å²) in [5.74, 6) is 0. The minimum absolute atomic E-state index is 0.180. The van der Waals surface area contributed by atoms with Crippen LogP contribution >= 0.6 is 45.2 Å². The van der Waals surface area contributed by atoms with E-state index >= 15 is 0 Å². The van der Waals surface area contributed by atoms with Gasteiger partial charge < -0.3 is 0 Å². The van der Waals surface area contributed by atoms with Crippen LogP contribution in [0.15, 0.2) is 72.8 Å². The summed E-state index contributed by atoms with van der Waals surface area (Å²) >= 11 is 5.08. The Morgan fingerprint density at radius 2 is 1.18 bits per heavy atom. The molecule has 2 aromatic heterocycles. The molecule has 0 aliphatic carbocycles. The third-order valence-electron chi connectivity index (χ3n) is 6.62. The quantitative estimate of drug-likeness (QED) is 0.0540. The number of hydrogen-bond acceptors (Lipinski definition) is 2. The van der Waals surface area contributed by atoms with Gasteiger partial charge in [-0.3, -0.25) is 10.6 Å². The van der Waals surface area contributed by atoms with Crippen molar-refractivity contribution in [2.45, 2.75) is 42.4 Å². The summed E-state index contributed by atoms with van der Waals surface area (Å²) in [6, 6.07) is 26.1. The van der Waals surface area contributed by atoms with Crippen LogP contribution in [0.5, 0.6) is 0 Å². The normalized spacial score (nSPS) is 12.0. The summed E-state index contributed by atoms with van der Waals surface area (Å²) in [6.45, 7) is 1.63. The number of halogens is 2. The fourth-order valence-corrected chi connectivity index (χ4v) is 5.77. The maximum absolute atomic E-state index is 3.87. The Labute approximate surface area is 230 Å². The molecule has 2 aromatic carbocycles. The molecule has 6 heteroatoms. The van der Waals surface area contributed by atoms with Crippen LogP contribution in [0.1, 0.15) is 37.1 Å². The number of unbranched alkanes of at least 4 members (excludes halogenated alkanes) is 2. The van der Waals surface area contributed by atoms with Crippen molar-refractivity contribution < 1.29 is 9.13 Å². The summed E-state index contributed by atoms with van der Waals surface area (Å²) in [7, 11) is 4.33. The Morgan fingerprint density at radius 1 is 0.676 bits per heavy atom. The van der Waals surface area contributed by atoms with Crippen molar-refractivity contribution in [3.05, 3.63) is 84.2 Å². The number of alkyl halides is 2. The summed E-state index contributed by atoms with van der Waals surface area (Å²) in [6.07, 6.45) is 4.84. The van der Waals surface area contributed by atoms with Crippen molar-refractivity contribution in [2.75, 3.05) is 4.43 Å². The van der Waals surface area contributed by atoms with E-state index in [1.54, 1.807) is 0 Å². The highest BCUT2D eigenvalue weighted by Gasteiger charge is 2.27. The Balaban J connectivity index is 1.50. The number of para-hydroxylation sites is 2. The molecule has 2 heterocycles. The molecule has 4 aromatic rings. The number of rotatable bonds is 11. The largest absolute Gasteiger partial charge is 0.281 e. The van der Waals surface area contributed by atoms with Crippen LogP contribution in [-0.2, 0) is 27.2 Å². The molecule has 2 N–H and O–H groups in total. The van der Waals surface area contributed by atoms with Gasteiger partial charge in [-0.2, -0.15) is 9.13 Å². The number of fused-ring (bicyclic) bond motifs is 2. The Kier molecular flexibility index (Phi) is 9.12. The zero-order valence-corrected chi connectivity index (χ0v) is 24.3. The van der Waals surface area contributed by atoms with Crippen molar-refractivity contribution in [2.24, 2.45) is 14.1 Å². The topological polar surface area (TPSA) is 31.8 Å². The molecule has 34 heavy (non-hydrogen) atoms. The predicted octanol–water partition coefficient (Wildman–Crippen LogP) is 5.61. The van der Waals surface area contributed by atoms with Gasteiger partial charge in [0.25, 0.3) is 0 Å². The lowest BCUT2D eigenvalue weighted by Crippen LogP contribution is -2.53. The monoisotopic (exact) mass is 680 g/mol. The minimum Gasteiger partial charge on any atom is -0.281 e. The number of nitrogens with one attached hydrogen (secondary N) is 2. The number of nitrogens with zero attached hydrogens (tertiary/aromatic N) is 2. The molecule has 178 valence electrons. The van der Waals surface area contributed by atoms with Gasteiger partial charge in [-0.1, -0.05) is 53.3 Å². The van der Waals surface area contributed by atoms with Crippen molar-refractivity contribution in [1.29, 1.82) is 0 Å². The first-order valence-corrected chi connectivity index (χ1v) is 14.6. The van der Waals surface area contributed by atoms with E-state index in [2.05, 4.69) is 152 Å². The molecule has 0 saturated heterocycles. The zero-order chi connectivity index (χ0) is 24.0. The lowest BCUT2D eigenvalue weighted by Gasteiger charge is -2.30. The van der Waals surface area contributed by atoms with E-state index in [0.29, 0.717) is 0 Å². The molecule has 0 saturated carbocycles. The molecule has 0 radical (unpaired) electrons. The molecule has 0 atom stereocenters. The Bertz CT molecular complexity index is 1170. The fourth-order valence-electron chi connectivity index (χ4n) is 4.47. The van der Waals surface area contributed by atoms with Crippen LogP contribution in [0, 0.1) is 0 Å². The van der Waals surface area contributed by atoms with Crippen molar-refractivity contribution in [3.63, 3.8) is 0 Å². The van der Waals surface area contributed by atoms with Crippen LogP contribution < -0.4 is 19.8 Å². The van der Waals surface area contributed by atoms with E-state index in [1.807, 2.05) is 0 Å². The molecule has 0 aliphatic rings. The number of aryl methyl sites for hydroxylation is 2. The van der Waals surface area contributed by atoms with Gasteiger partial charge >= 0.3 is 0 Å². The fraction of sp³-hybridized carbons (Fsp3) is 0.357. The van der Waals surface area contributed by atoms with Gasteiger partial charge in [0.15, 0.2) is 11.4 Å². The molecular weight excluding hydrogens is 646 g/mol. The first kappa shape index (κ1) is 25.7. The van der Waals surface area contributed by atoms with Crippen LogP contribution in [0.2, 0.25) is 0 Å². The van der Waals surface area contributed by atoms with Crippen molar-refractivity contribution in [3.8, 4) is 0 Å². The van der Waals surface area contributed by atoms with E-state index in [9.17, 15) is 0 Å². The predicted molar refractivity (Wildman–Crippen MR) is 158 cm³/mol. The van der Waals surface area contributed by atoms with Gasteiger partial charge in [-0.25, -0.2) is 0 Å². The zero-order valence-electron chi connectivity index (χ0n) is 20.0. The van der Waals surface area contributed by atoms with E-state index in [0.717, 1.165) is 19.5 Å². The number of pyridine rings is 2. The summed E-state index contributed by atoms with van der Waals surface area (Å²) in [5, 5.41) is 10.3. The van der Waals surface area contributed by atoms with E-state index in [4.69, 9.17) is 0 Å². The number of benzene rings is 2. The second-order valence-corrected chi connectivity index (χ2v) is 11.8. The molecule has 0 fully saturated rings. The minimum atomic E-state index is -0.180. The highest BCUT2D eigenvalue weighted by atomic mass is 127. The average molecular weight is 680 g/mol. The molecule has 0 aliphatic heterocycles. The molecule has 4 nitrogen and oxygen atoms in total. The lowest BCUT2D eigenvalue weighted by atomic mass is 10.1. The van der Waals surface area contributed by atoms with Gasteiger partial charge in [0.05, 0.1) is 13.1 Å². The van der Waals surface area contributed by atoms with Crippen LogP contribution in [0.25, 0.3) is 21.8 Å². The standard InChI is InChI=1S/C28H34I2N4/c1-33-24(16-14-22-10-4-6-12-26(22)33)20-31-28(30,18-8-3-9-19-29)32-21-25-17-15-23-11-5-7-13-27(23)34(25)2/h4-7,10-17,31-32H,3,8-9,18-21H2,1-2H3/q+2. The number of hydrogen-bond donors (Lipinski definition) is 2. The molecule has 0 spiro atoms. The Hall–Kier alpha value is -1.36. The molecule has 0 amide bonds. The van der Waals surface area contributed by atoms with Gasteiger partial charge in [0, 0.05) is 35.0 Å². The molecule has 0 bridgehead atoms. The second-order valence-electron chi connectivity index (χ2n) is 8.89. The van der Waals surface area contributed by atoms with Crippen molar-refractivity contribution in [1.82, 2.24) is 10.6 Å². The first-order valence-electron chi connectivity index (χ1n) is 12.0. The highest BCUT2D eigenvalue weighted by Crippen LogP contribution is 2.22. The van der Waals surface area contributed by atoms with Crippen LogP contribution in [0.3, 0.4) is 0 Å². The van der Waals surface area contributed by atoms with Gasteiger partial charge in [-0.05, 0) is 70.5 Å². The third kappa shape index (κ3) is 6.25. The maximum Gasteiger partial charge on any atom is 0.212 e. The molecule has 4 rings (SSSR count). The van der Waals surface area contributed by atoms with Gasteiger partial charge in [0.1, 0.15) is 17.8 Å². The van der Waals surface area contributed by atoms with E-state index in [1.165, 1.54) is 56.9 Å². The number of aromatic nitrogens is 2. The smallest absolute Gasteiger partial charge is 0.212 e. The molecular formula is C28H34I2N4+2. The molecule has 0 unspecified atom stereocenters. The summed E-state index contributed by atoms with van der Waals surface area (Å²) in [4.78, 5) is 0. The van der Waals surface area contributed by atoms with Crippen molar-refractivity contribution >= 4 is 67.0 Å². The summed E-state index contributed by atoms with van der Waals surface area (Å²) in [5.41, 5.74) is 5.09. The highest BCUT2D eigenvalue weighted by molar-refractivity contribution is 14.1. The average Bonchev–Trinajstić information content (AvgIpc) is 2.86. The van der Waals surface area contributed by atoms with Gasteiger partial charge in [-0.15, -0.1) is 0 Å². The van der Waals surface area contributed by atoms with Crippen LogP contribution in [-0.4, -0.2) is 8.10 Å². The second kappa shape index (κ2) is 12.1. The van der Waals surface area contributed by atoms with Crippen LogP contribution in [0.4, 0.5) is 0 Å². The summed E-state index contributed by atoms with van der Waals surface area (Å²) < 4.78 is 5.66. The maximum atomic E-state index is 3.87. The lowest BCUT2D eigenvalue weighted by molar-refractivity contribution is -0.653. The van der Waals surface area contributed by atoms with E-state index < -0.39 is 0 Å².